The average Bonchev–Trinajstić information content (AvgIpc) is 3.09. The molecule has 1 aliphatic heterocycles. The minimum atomic E-state index is -4.68. The summed E-state index contributed by atoms with van der Waals surface area (Å²) < 4.78 is 58.6. The molecule has 1 N–H and O–H groups in total. The van der Waals surface area contributed by atoms with Gasteiger partial charge >= 0.3 is 6.18 Å². The molecule has 174 valence electrons. The maximum atomic E-state index is 13.6. The number of nitrogens with zero attached hydrogens (tertiary/aromatic N) is 1. The molecule has 1 atom stereocenters. The van der Waals surface area contributed by atoms with Crippen molar-refractivity contribution >= 4 is 23.1 Å². The monoisotopic (exact) mass is 471 g/mol. The number of benzene rings is 3. The Labute approximate surface area is 191 Å². The number of ether oxygens (including phenoxy) is 1. The number of rotatable bonds is 4. The van der Waals surface area contributed by atoms with Crippen LogP contribution in [0.1, 0.15) is 22.7 Å². The Bertz CT molecular complexity index is 1280. The number of ketones is 1. The lowest BCUT2D eigenvalue weighted by molar-refractivity contribution is -0.137. The second-order valence-electron chi connectivity index (χ2n) is 7.50. The highest BCUT2D eigenvalue weighted by Crippen LogP contribution is 2.43. The topological polar surface area (TPSA) is 66.8 Å². The lowest BCUT2D eigenvalue weighted by atomic mass is 9.95. The van der Waals surface area contributed by atoms with E-state index in [0.29, 0.717) is 5.75 Å². The number of methoxy groups -OCH3 is 1. The molecule has 1 heterocycles. The van der Waals surface area contributed by atoms with Gasteiger partial charge in [0, 0.05) is 11.3 Å². The Morgan fingerprint density at radius 3 is 2.21 bits per heavy atom. The molecule has 0 aliphatic carbocycles. The summed E-state index contributed by atoms with van der Waals surface area (Å²) in [6.07, 6.45) is -4.68. The molecule has 0 unspecified atom stereocenters. The maximum Gasteiger partial charge on any atom is 0.416 e. The minimum Gasteiger partial charge on any atom is -0.507 e. The lowest BCUT2D eigenvalue weighted by Gasteiger charge is -2.26. The minimum absolute atomic E-state index is 0.190. The first-order valence-electron chi connectivity index (χ1n) is 10.00. The van der Waals surface area contributed by atoms with Crippen molar-refractivity contribution in [1.82, 2.24) is 0 Å². The van der Waals surface area contributed by atoms with Crippen molar-refractivity contribution < 1.29 is 37.0 Å². The highest BCUT2D eigenvalue weighted by atomic mass is 19.4. The predicted molar refractivity (Wildman–Crippen MR) is 116 cm³/mol. The number of carbonyl (C=O) groups is 2. The first-order chi connectivity index (χ1) is 16.1. The first kappa shape index (κ1) is 23.0. The normalized spacial score (nSPS) is 17.8. The van der Waals surface area contributed by atoms with E-state index in [1.807, 2.05) is 0 Å². The molecule has 1 fully saturated rings. The molecule has 9 heteroatoms. The maximum absolute atomic E-state index is 13.6. The molecule has 1 saturated heterocycles. The number of alkyl halides is 3. The van der Waals surface area contributed by atoms with Gasteiger partial charge in [-0.15, -0.1) is 0 Å². The van der Waals surface area contributed by atoms with Gasteiger partial charge in [0.2, 0.25) is 0 Å². The Balaban J connectivity index is 1.92. The number of halogens is 4. The van der Waals surface area contributed by atoms with Crippen molar-refractivity contribution in [3.63, 3.8) is 0 Å². The van der Waals surface area contributed by atoms with Crippen LogP contribution in [0.5, 0.6) is 5.75 Å². The molecule has 3 aromatic rings. The van der Waals surface area contributed by atoms with E-state index in [2.05, 4.69) is 0 Å². The zero-order chi connectivity index (χ0) is 24.6. The molecule has 0 bridgehead atoms. The fourth-order valence-electron chi connectivity index (χ4n) is 3.80. The summed E-state index contributed by atoms with van der Waals surface area (Å²) in [5.74, 6) is -2.83. The third kappa shape index (κ3) is 4.12. The second kappa shape index (κ2) is 8.66. The number of aliphatic hydroxyl groups excluding tert-OH is 1. The number of amides is 1. The van der Waals surface area contributed by atoms with Crippen molar-refractivity contribution in [1.29, 1.82) is 0 Å². The van der Waals surface area contributed by atoms with Crippen LogP contribution in [0.3, 0.4) is 0 Å². The van der Waals surface area contributed by atoms with Crippen LogP contribution >= 0.6 is 0 Å². The van der Waals surface area contributed by atoms with Crippen LogP contribution < -0.4 is 9.64 Å². The fourth-order valence-corrected chi connectivity index (χ4v) is 3.80. The molecule has 0 saturated carbocycles. The summed E-state index contributed by atoms with van der Waals surface area (Å²) in [4.78, 5) is 26.9. The van der Waals surface area contributed by atoms with Gasteiger partial charge in [-0.25, -0.2) is 4.39 Å². The molecular weight excluding hydrogens is 454 g/mol. The summed E-state index contributed by atoms with van der Waals surface area (Å²) in [5, 5.41) is 11.0. The number of hydrogen-bond donors (Lipinski definition) is 1. The quantitative estimate of drug-likeness (QED) is 0.237. The van der Waals surface area contributed by atoms with Gasteiger partial charge < -0.3 is 9.84 Å². The number of aliphatic hydroxyl groups is 1. The van der Waals surface area contributed by atoms with E-state index in [-0.39, 0.29) is 22.4 Å². The first-order valence-corrected chi connectivity index (χ1v) is 10.00. The zero-order valence-corrected chi connectivity index (χ0v) is 17.6. The largest absolute Gasteiger partial charge is 0.507 e. The zero-order valence-electron chi connectivity index (χ0n) is 17.6. The van der Waals surface area contributed by atoms with E-state index in [4.69, 9.17) is 4.74 Å². The molecule has 0 radical (unpaired) electrons. The number of hydrogen-bond acceptors (Lipinski definition) is 4. The van der Waals surface area contributed by atoms with E-state index in [0.717, 1.165) is 35.2 Å². The summed E-state index contributed by atoms with van der Waals surface area (Å²) in [7, 11) is 1.45. The lowest BCUT2D eigenvalue weighted by Crippen LogP contribution is -2.29. The third-order valence-corrected chi connectivity index (χ3v) is 5.45. The van der Waals surface area contributed by atoms with Crippen molar-refractivity contribution in [3.05, 3.63) is 101 Å². The molecular formula is C25H17F4NO4. The summed E-state index contributed by atoms with van der Waals surface area (Å²) in [5.41, 5.74) is -1.12. The highest BCUT2D eigenvalue weighted by Gasteiger charge is 2.47. The Hall–Kier alpha value is -4.14. The van der Waals surface area contributed by atoms with Gasteiger partial charge in [0.05, 0.1) is 24.3 Å². The van der Waals surface area contributed by atoms with Crippen LogP contribution in [-0.4, -0.2) is 23.9 Å². The molecule has 3 aromatic carbocycles. The van der Waals surface area contributed by atoms with Gasteiger partial charge in [-0.3, -0.25) is 14.5 Å². The number of anilines is 1. The molecule has 5 nitrogen and oxygen atoms in total. The van der Waals surface area contributed by atoms with Crippen LogP contribution in [0.4, 0.5) is 23.2 Å². The molecule has 1 aliphatic rings. The molecule has 0 spiro atoms. The van der Waals surface area contributed by atoms with Crippen molar-refractivity contribution in [3.8, 4) is 5.75 Å². The molecule has 0 aromatic heterocycles. The van der Waals surface area contributed by atoms with Crippen LogP contribution in [-0.2, 0) is 15.8 Å². The third-order valence-electron chi connectivity index (χ3n) is 5.45. The Morgan fingerprint density at radius 2 is 1.62 bits per heavy atom. The summed E-state index contributed by atoms with van der Waals surface area (Å²) in [6, 6.07) is 13.4. The predicted octanol–water partition coefficient (Wildman–Crippen LogP) is 5.48. The molecule has 4 rings (SSSR count). The van der Waals surface area contributed by atoms with Gasteiger partial charge in [0.15, 0.2) is 0 Å². The van der Waals surface area contributed by atoms with Crippen molar-refractivity contribution in [2.75, 3.05) is 12.0 Å². The number of carbonyl (C=O) groups excluding carboxylic acids is 2. The van der Waals surface area contributed by atoms with Gasteiger partial charge in [0.1, 0.15) is 17.3 Å². The standard InChI is InChI=1S/C25H17F4NO4/c1-34-19-11-7-15(8-12-19)22(31)20-21(14-5-9-17(26)10-6-14)30(24(33)23(20)32)18-4-2-3-16(13-18)25(27,28)29/h2-13,21,31H,1H3/t21-/m1/s1. The second-order valence-corrected chi connectivity index (χ2v) is 7.50. The molecule has 34 heavy (non-hydrogen) atoms. The van der Waals surface area contributed by atoms with Gasteiger partial charge in [-0.05, 0) is 60.2 Å². The van der Waals surface area contributed by atoms with E-state index < -0.39 is 41.0 Å². The van der Waals surface area contributed by atoms with Gasteiger partial charge in [0.25, 0.3) is 11.7 Å². The highest BCUT2D eigenvalue weighted by molar-refractivity contribution is 6.51. The van der Waals surface area contributed by atoms with Gasteiger partial charge in [-0.2, -0.15) is 13.2 Å². The van der Waals surface area contributed by atoms with Crippen LogP contribution in [0.15, 0.2) is 78.4 Å². The van der Waals surface area contributed by atoms with E-state index in [9.17, 15) is 32.3 Å². The summed E-state index contributed by atoms with van der Waals surface area (Å²) >= 11 is 0. The Morgan fingerprint density at radius 1 is 0.971 bits per heavy atom. The molecule has 1 amide bonds. The number of Topliss-reactive ketones (excluding diaryl/α,β-unsaturated/α-hetero) is 1. The average molecular weight is 471 g/mol. The van der Waals surface area contributed by atoms with Crippen molar-refractivity contribution in [2.45, 2.75) is 12.2 Å². The van der Waals surface area contributed by atoms with Crippen LogP contribution in [0.2, 0.25) is 0 Å². The van der Waals surface area contributed by atoms with Crippen LogP contribution in [0, 0.1) is 5.82 Å². The SMILES string of the molecule is COc1ccc(C(O)=C2C(=O)C(=O)N(c3cccc(C(F)(F)F)c3)[C@@H]2c2ccc(F)cc2)cc1. The van der Waals surface area contributed by atoms with Crippen molar-refractivity contribution in [2.24, 2.45) is 0 Å². The van der Waals surface area contributed by atoms with E-state index >= 15 is 0 Å². The van der Waals surface area contributed by atoms with E-state index in [1.165, 1.54) is 49.6 Å². The Kier molecular flexibility index (Phi) is 5.87. The van der Waals surface area contributed by atoms with Gasteiger partial charge in [-0.1, -0.05) is 18.2 Å². The van der Waals surface area contributed by atoms with E-state index in [1.54, 1.807) is 0 Å². The fraction of sp³-hybridized carbons (Fsp3) is 0.120. The smallest absolute Gasteiger partial charge is 0.416 e. The summed E-state index contributed by atoms with van der Waals surface area (Å²) in [6.45, 7) is 0. The van der Waals surface area contributed by atoms with Crippen LogP contribution in [0.25, 0.3) is 5.76 Å².